The van der Waals surface area contributed by atoms with Gasteiger partial charge in [-0.15, -0.1) is 0 Å². The molecule has 1 amide bonds. The van der Waals surface area contributed by atoms with E-state index in [1.165, 1.54) is 0 Å². The summed E-state index contributed by atoms with van der Waals surface area (Å²) in [5, 5.41) is 12.3. The molecule has 4 heteroatoms. The van der Waals surface area contributed by atoms with Crippen molar-refractivity contribution < 1.29 is 4.79 Å². The van der Waals surface area contributed by atoms with E-state index in [4.69, 9.17) is 0 Å². The average molecular weight is 313 g/mol. The van der Waals surface area contributed by atoms with Crippen molar-refractivity contribution in [1.29, 1.82) is 5.26 Å². The number of nitrogens with one attached hydrogen (secondary N) is 1. The van der Waals surface area contributed by atoms with Crippen LogP contribution in [0.5, 0.6) is 0 Å². The lowest BCUT2D eigenvalue weighted by atomic mass is 10.1. The molecule has 0 atom stereocenters. The summed E-state index contributed by atoms with van der Waals surface area (Å²) >= 11 is 0. The minimum atomic E-state index is -0.339. The lowest BCUT2D eigenvalue weighted by Crippen LogP contribution is -2.23. The number of amides is 1. The number of anilines is 1. The van der Waals surface area contributed by atoms with Crippen LogP contribution in [-0.2, 0) is 11.2 Å². The molecule has 1 aromatic rings. The van der Waals surface area contributed by atoms with Gasteiger partial charge < -0.3 is 10.2 Å². The predicted molar refractivity (Wildman–Crippen MR) is 95.0 cm³/mol. The van der Waals surface area contributed by atoms with Crippen LogP contribution in [0.4, 0.5) is 5.69 Å². The zero-order valence-corrected chi connectivity index (χ0v) is 14.6. The fourth-order valence-electron chi connectivity index (χ4n) is 2.52. The fraction of sp³-hybridized carbons (Fsp3) is 0.474. The van der Waals surface area contributed by atoms with Crippen LogP contribution in [0.25, 0.3) is 0 Å². The number of carbonyl (C=O) groups excluding carboxylic acids is 1. The highest BCUT2D eigenvalue weighted by molar-refractivity contribution is 6.07. The number of hydrogen-bond donors (Lipinski definition) is 1. The third-order valence-corrected chi connectivity index (χ3v) is 3.68. The van der Waals surface area contributed by atoms with Crippen LogP contribution >= 0.6 is 0 Å². The molecule has 0 aromatic heterocycles. The molecule has 0 fully saturated rings. The average Bonchev–Trinajstić information content (AvgIpc) is 2.54. The molecule has 4 nitrogen and oxygen atoms in total. The molecule has 0 bridgehead atoms. The third-order valence-electron chi connectivity index (χ3n) is 3.68. The van der Waals surface area contributed by atoms with Gasteiger partial charge in [-0.2, -0.15) is 5.26 Å². The van der Waals surface area contributed by atoms with Crippen LogP contribution < -0.4 is 5.32 Å². The first-order valence-electron chi connectivity index (χ1n) is 8.33. The highest BCUT2D eigenvalue weighted by Crippen LogP contribution is 2.21. The number of nitriles is 1. The van der Waals surface area contributed by atoms with Gasteiger partial charge in [0.25, 0.3) is 5.91 Å². The van der Waals surface area contributed by atoms with Gasteiger partial charge in [-0.1, -0.05) is 39.0 Å². The van der Waals surface area contributed by atoms with E-state index in [0.29, 0.717) is 0 Å². The Labute approximate surface area is 139 Å². The second-order valence-corrected chi connectivity index (χ2v) is 5.61. The van der Waals surface area contributed by atoms with Crippen molar-refractivity contribution in [2.45, 2.75) is 47.0 Å². The molecule has 0 aliphatic heterocycles. The summed E-state index contributed by atoms with van der Waals surface area (Å²) in [5.41, 5.74) is 3.06. The Morgan fingerprint density at radius 2 is 1.91 bits per heavy atom. The lowest BCUT2D eigenvalue weighted by molar-refractivity contribution is -0.112. The molecule has 1 N–H and O–H groups in total. The number of carbonyl (C=O) groups is 1. The van der Waals surface area contributed by atoms with Crippen LogP contribution in [0, 0.1) is 18.3 Å². The zero-order chi connectivity index (χ0) is 17.2. The molecule has 0 saturated heterocycles. The third kappa shape index (κ3) is 5.45. The Morgan fingerprint density at radius 1 is 1.26 bits per heavy atom. The summed E-state index contributed by atoms with van der Waals surface area (Å²) in [4.78, 5) is 14.5. The molecule has 124 valence electrons. The number of para-hydroxylation sites is 1. The van der Waals surface area contributed by atoms with Gasteiger partial charge in [-0.25, -0.2) is 0 Å². The Balaban J connectivity index is 3.00. The summed E-state index contributed by atoms with van der Waals surface area (Å²) in [6.07, 6.45) is 4.48. The molecule has 0 radical (unpaired) electrons. The minimum Gasteiger partial charge on any atom is -0.376 e. The highest BCUT2D eigenvalue weighted by atomic mass is 16.1. The smallest absolute Gasteiger partial charge is 0.267 e. The molecular weight excluding hydrogens is 286 g/mol. The van der Waals surface area contributed by atoms with Gasteiger partial charge in [-0.3, -0.25) is 4.79 Å². The Hall–Kier alpha value is -2.28. The first-order valence-corrected chi connectivity index (χ1v) is 8.33. The van der Waals surface area contributed by atoms with E-state index in [2.05, 4.69) is 26.1 Å². The van der Waals surface area contributed by atoms with Gasteiger partial charge in [0.2, 0.25) is 0 Å². The molecule has 1 rings (SSSR count). The van der Waals surface area contributed by atoms with Crippen LogP contribution in [-0.4, -0.2) is 23.9 Å². The SMILES string of the molecule is CCCN(/C=C(/C#N)C(=O)Nc1c(C)cccc1CC)CCC. The summed E-state index contributed by atoms with van der Waals surface area (Å²) in [6, 6.07) is 7.98. The van der Waals surface area contributed by atoms with Gasteiger partial charge in [0.1, 0.15) is 11.6 Å². The monoisotopic (exact) mass is 313 g/mol. The highest BCUT2D eigenvalue weighted by Gasteiger charge is 2.14. The fourth-order valence-corrected chi connectivity index (χ4v) is 2.52. The minimum absolute atomic E-state index is 0.150. The number of benzene rings is 1. The molecule has 0 heterocycles. The molecule has 0 spiro atoms. The van der Waals surface area contributed by atoms with Gasteiger partial charge >= 0.3 is 0 Å². The summed E-state index contributed by atoms with van der Waals surface area (Å²) in [7, 11) is 0. The lowest BCUT2D eigenvalue weighted by Gasteiger charge is -2.19. The van der Waals surface area contributed by atoms with Gasteiger partial charge in [0.05, 0.1) is 0 Å². The Kier molecular flexibility index (Phi) is 7.90. The number of nitrogens with zero attached hydrogens (tertiary/aromatic N) is 2. The van der Waals surface area contributed by atoms with Crippen molar-refractivity contribution >= 4 is 11.6 Å². The van der Waals surface area contributed by atoms with E-state index in [0.717, 1.165) is 49.2 Å². The molecule has 0 unspecified atom stereocenters. The molecule has 23 heavy (non-hydrogen) atoms. The standard InChI is InChI=1S/C19H27N3O/c1-5-11-22(12-6-2)14-17(13-20)19(23)21-18-15(4)9-8-10-16(18)7-3/h8-10,14H,5-7,11-12H2,1-4H3,(H,21,23)/b17-14-. The van der Waals surface area contributed by atoms with Crippen LogP contribution in [0.2, 0.25) is 0 Å². The molecule has 1 aromatic carbocycles. The first kappa shape index (κ1) is 18.8. The number of aryl methyl sites for hydroxylation is 2. The van der Waals surface area contributed by atoms with Crippen molar-refractivity contribution in [3.8, 4) is 6.07 Å². The number of rotatable bonds is 8. The first-order chi connectivity index (χ1) is 11.1. The van der Waals surface area contributed by atoms with E-state index in [-0.39, 0.29) is 11.5 Å². The largest absolute Gasteiger partial charge is 0.376 e. The van der Waals surface area contributed by atoms with E-state index in [1.807, 2.05) is 36.1 Å². The quantitative estimate of drug-likeness (QED) is 0.582. The maximum atomic E-state index is 12.5. The van der Waals surface area contributed by atoms with Gasteiger partial charge in [0, 0.05) is 25.0 Å². The molecule has 0 aliphatic carbocycles. The van der Waals surface area contributed by atoms with Crippen molar-refractivity contribution in [3.05, 3.63) is 41.1 Å². The second-order valence-electron chi connectivity index (χ2n) is 5.61. The van der Waals surface area contributed by atoms with E-state index in [9.17, 15) is 10.1 Å². The Bertz CT molecular complexity index is 593. The van der Waals surface area contributed by atoms with Crippen LogP contribution in [0.15, 0.2) is 30.0 Å². The van der Waals surface area contributed by atoms with E-state index < -0.39 is 0 Å². The maximum Gasteiger partial charge on any atom is 0.267 e. The van der Waals surface area contributed by atoms with Crippen molar-refractivity contribution in [2.24, 2.45) is 0 Å². The molecule has 0 aliphatic rings. The van der Waals surface area contributed by atoms with Crippen molar-refractivity contribution in [1.82, 2.24) is 4.90 Å². The second kappa shape index (κ2) is 9.68. The van der Waals surface area contributed by atoms with Crippen LogP contribution in [0.3, 0.4) is 0 Å². The van der Waals surface area contributed by atoms with Crippen molar-refractivity contribution in [2.75, 3.05) is 18.4 Å². The normalized spacial score (nSPS) is 11.0. The van der Waals surface area contributed by atoms with E-state index in [1.54, 1.807) is 6.20 Å². The van der Waals surface area contributed by atoms with Gasteiger partial charge in [-0.05, 0) is 37.3 Å². The predicted octanol–water partition coefficient (Wildman–Crippen LogP) is 4.03. The Morgan fingerprint density at radius 3 is 2.43 bits per heavy atom. The maximum absolute atomic E-state index is 12.5. The topological polar surface area (TPSA) is 56.1 Å². The van der Waals surface area contributed by atoms with Crippen molar-refractivity contribution in [3.63, 3.8) is 0 Å². The summed E-state index contributed by atoms with van der Waals surface area (Å²) in [6.45, 7) is 9.88. The molecule has 0 saturated carbocycles. The summed E-state index contributed by atoms with van der Waals surface area (Å²) in [5.74, 6) is -0.339. The zero-order valence-electron chi connectivity index (χ0n) is 14.6. The summed E-state index contributed by atoms with van der Waals surface area (Å²) < 4.78 is 0. The van der Waals surface area contributed by atoms with Gasteiger partial charge in [0.15, 0.2) is 0 Å². The molecular formula is C19H27N3O. The van der Waals surface area contributed by atoms with E-state index >= 15 is 0 Å². The number of hydrogen-bond acceptors (Lipinski definition) is 3. The van der Waals surface area contributed by atoms with Crippen LogP contribution in [0.1, 0.15) is 44.7 Å².